The average Bonchev–Trinajstić information content (AvgIpc) is 1.58. The Balaban J connectivity index is 0.000000151. The number of nitrogen functional groups attached to an aromatic ring is 2. The van der Waals surface area contributed by atoms with E-state index in [9.17, 15) is 39.5 Å². The quantitative estimate of drug-likeness (QED) is 0.0442. The molecule has 0 fully saturated rings. The molecule has 0 atom stereocenters. The molecule has 0 saturated heterocycles. The third kappa shape index (κ3) is 17.0. The SMILES string of the molecule is Cc1ccc(-c2nc(Nc3ccc(Oc4cccnc4)cc3)n[nH]2)cc1C(F)(F)F.FC(F)(F)c1cc(-c2nc(Nc3ccc(Oc4cncnc4)cc3)n[nH]2)ccc1Cl.Nc1cc(Oc2ccc(Nc3n[nH]c(-c4ccc(Cl)c(C(F)(F)F)c4)n3)cc2)nc(N)n1. The molecule has 468 valence electrons. The van der Waals surface area contributed by atoms with Crippen molar-refractivity contribution in [2.45, 2.75) is 25.5 Å². The van der Waals surface area contributed by atoms with E-state index in [4.69, 9.17) is 48.9 Å². The molecule has 0 bridgehead atoms. The van der Waals surface area contributed by atoms with Gasteiger partial charge in [-0.05, 0) is 140 Å². The van der Waals surface area contributed by atoms with Crippen LogP contribution >= 0.6 is 23.2 Å². The van der Waals surface area contributed by atoms with Crippen molar-refractivity contribution in [1.82, 2.24) is 70.5 Å². The van der Waals surface area contributed by atoms with E-state index in [0.29, 0.717) is 51.4 Å². The van der Waals surface area contributed by atoms with Crippen LogP contribution in [0, 0.1) is 6.92 Å². The number of rotatable bonds is 15. The molecule has 0 aliphatic rings. The summed E-state index contributed by atoms with van der Waals surface area (Å²) in [6.45, 7) is 1.42. The number of halogens is 11. The third-order valence-corrected chi connectivity index (χ3v) is 13.0. The molecule has 6 aromatic heterocycles. The zero-order chi connectivity index (χ0) is 65.2. The van der Waals surface area contributed by atoms with Crippen LogP contribution in [0.25, 0.3) is 34.2 Å². The van der Waals surface area contributed by atoms with Crippen molar-refractivity contribution >= 4 is 69.9 Å². The summed E-state index contributed by atoms with van der Waals surface area (Å²) in [5.74, 6) is 4.28. The summed E-state index contributed by atoms with van der Waals surface area (Å²) >= 11 is 11.3. The molecule has 6 aromatic carbocycles. The zero-order valence-electron chi connectivity index (χ0n) is 46.7. The molecule has 6 heterocycles. The van der Waals surface area contributed by atoms with Gasteiger partial charge in [0.1, 0.15) is 35.1 Å². The largest absolute Gasteiger partial charge is 0.456 e. The molecule has 12 aromatic rings. The van der Waals surface area contributed by atoms with Crippen LogP contribution in [0.5, 0.6) is 34.6 Å². The standard InChI is InChI=1S/C21H16F3N5O.C19H14ClF3N8O.C19H12ClF3N6O/c1-13-4-5-14(11-18(13)21(22,23)24)19-27-20(29-28-19)26-15-6-8-16(9-7-15)30-17-3-2-10-25-12-17;20-13-6-1-9(7-12(13)19(21,22)23)16-29-18(31-30-16)26-10-2-4-11(5-3-10)32-15-8-14(24)27-17(25)28-15;20-16-6-1-11(7-15(16)19(21,22)23)17-27-18(29-28-17)26-12-2-4-13(5-3-12)30-14-8-24-10-25-9-14/h2-12H,1H3,(H2,26,27,28,29);1-8H,(H4,24,25,27,28)(H2,26,29,30,31);1-10H,(H2,26,27,28,29). The van der Waals surface area contributed by atoms with Gasteiger partial charge in [-0.15, -0.1) is 15.3 Å². The minimum atomic E-state index is -4.58. The molecule has 0 spiro atoms. The summed E-state index contributed by atoms with van der Waals surface area (Å²) in [6, 6.07) is 36.7. The van der Waals surface area contributed by atoms with Gasteiger partial charge in [-0.2, -0.15) is 64.4 Å². The summed E-state index contributed by atoms with van der Waals surface area (Å²) in [4.78, 5) is 32.0. The highest BCUT2D eigenvalue weighted by atomic mass is 35.5. The van der Waals surface area contributed by atoms with Crippen LogP contribution in [0.1, 0.15) is 22.3 Å². The van der Waals surface area contributed by atoms with E-state index in [1.807, 2.05) is 0 Å². The molecule has 0 unspecified atom stereocenters. The Kier molecular flexibility index (Phi) is 18.9. The van der Waals surface area contributed by atoms with Gasteiger partial charge < -0.3 is 41.6 Å². The number of ether oxygens (including phenoxy) is 3. The van der Waals surface area contributed by atoms with Crippen LogP contribution in [0.4, 0.5) is 86.2 Å². The van der Waals surface area contributed by atoms with Crippen molar-refractivity contribution < 1.29 is 53.7 Å². The summed E-state index contributed by atoms with van der Waals surface area (Å²) in [5.41, 5.74) is 11.4. The van der Waals surface area contributed by atoms with Crippen LogP contribution in [0.3, 0.4) is 0 Å². The van der Waals surface area contributed by atoms with Crippen LogP contribution in [0.15, 0.2) is 177 Å². The fraction of sp³-hybridized carbons (Fsp3) is 0.0678. The molecule has 92 heavy (non-hydrogen) atoms. The van der Waals surface area contributed by atoms with Gasteiger partial charge in [0.25, 0.3) is 0 Å². The van der Waals surface area contributed by atoms with Crippen molar-refractivity contribution in [1.29, 1.82) is 0 Å². The normalized spacial score (nSPS) is 11.3. The van der Waals surface area contributed by atoms with Crippen LogP contribution in [-0.2, 0) is 18.5 Å². The summed E-state index contributed by atoms with van der Waals surface area (Å²) in [6.07, 6.45) is -5.84. The van der Waals surface area contributed by atoms with Gasteiger partial charge in [0.05, 0.1) is 45.3 Å². The predicted octanol–water partition coefficient (Wildman–Crippen LogP) is 15.8. The second-order valence-electron chi connectivity index (χ2n) is 18.9. The molecule has 33 heteroatoms. The van der Waals surface area contributed by atoms with Crippen molar-refractivity contribution in [2.24, 2.45) is 0 Å². The second kappa shape index (κ2) is 27.4. The van der Waals surface area contributed by atoms with Gasteiger partial charge >= 0.3 is 18.5 Å². The van der Waals surface area contributed by atoms with Gasteiger partial charge in [-0.25, -0.2) is 9.97 Å². The Bertz CT molecular complexity index is 4240. The number of anilines is 8. The monoisotopic (exact) mass is 1310 g/mol. The smallest absolute Gasteiger partial charge is 0.417 e. The minimum Gasteiger partial charge on any atom is -0.456 e. The van der Waals surface area contributed by atoms with Gasteiger partial charge in [0.15, 0.2) is 23.2 Å². The van der Waals surface area contributed by atoms with Crippen LogP contribution < -0.4 is 41.6 Å². The maximum atomic E-state index is 13.1. The lowest BCUT2D eigenvalue weighted by atomic mass is 10.0. The van der Waals surface area contributed by atoms with E-state index in [0.717, 1.165) is 24.3 Å². The number of nitrogens with zero attached hydrogens (tertiary/aromatic N) is 11. The molecule has 0 saturated carbocycles. The number of alkyl halides is 9. The number of benzene rings is 6. The molecule has 0 radical (unpaired) electrons. The molecule has 0 aliphatic heterocycles. The average molecular weight is 1310 g/mol. The van der Waals surface area contributed by atoms with Crippen LogP contribution in [0.2, 0.25) is 10.0 Å². The number of aromatic nitrogens is 14. The van der Waals surface area contributed by atoms with E-state index < -0.39 is 40.2 Å². The number of pyridine rings is 1. The number of hydrogen-bond donors (Lipinski definition) is 8. The van der Waals surface area contributed by atoms with Crippen LogP contribution in [-0.4, -0.2) is 70.5 Å². The first-order valence-electron chi connectivity index (χ1n) is 26.3. The summed E-state index contributed by atoms with van der Waals surface area (Å²) in [5, 5.41) is 28.0. The van der Waals surface area contributed by atoms with Gasteiger partial charge in [0.2, 0.25) is 29.7 Å². The number of hydrogen-bond acceptors (Lipinski definition) is 19. The fourth-order valence-electron chi connectivity index (χ4n) is 8.05. The highest BCUT2D eigenvalue weighted by Crippen LogP contribution is 2.39. The first kappa shape index (κ1) is 63.4. The van der Waals surface area contributed by atoms with E-state index >= 15 is 0 Å². The van der Waals surface area contributed by atoms with Gasteiger partial charge in [-0.1, -0.05) is 35.3 Å². The number of aromatic amines is 3. The Morgan fingerprint density at radius 3 is 1.24 bits per heavy atom. The number of H-pyrrole nitrogens is 3. The lowest BCUT2D eigenvalue weighted by Gasteiger charge is -2.10. The van der Waals surface area contributed by atoms with Crippen molar-refractivity contribution in [2.75, 3.05) is 27.4 Å². The molecule has 0 aliphatic carbocycles. The van der Waals surface area contributed by atoms with E-state index in [1.165, 1.54) is 56.0 Å². The van der Waals surface area contributed by atoms with E-state index in [1.54, 1.807) is 103 Å². The fourth-order valence-corrected chi connectivity index (χ4v) is 8.50. The van der Waals surface area contributed by atoms with Crippen molar-refractivity contribution in [3.05, 3.63) is 209 Å². The van der Waals surface area contributed by atoms with Gasteiger partial charge in [0, 0.05) is 46.0 Å². The molecule has 12 rings (SSSR count). The minimum absolute atomic E-state index is 0.0123. The Morgan fingerprint density at radius 1 is 0.424 bits per heavy atom. The zero-order valence-corrected chi connectivity index (χ0v) is 48.2. The third-order valence-electron chi connectivity index (χ3n) is 12.3. The highest BCUT2D eigenvalue weighted by molar-refractivity contribution is 6.31. The molecule has 10 N–H and O–H groups in total. The maximum Gasteiger partial charge on any atom is 0.417 e. The second-order valence-corrected chi connectivity index (χ2v) is 19.8. The summed E-state index contributed by atoms with van der Waals surface area (Å²) < 4.78 is 135. The molecular weight excluding hydrogens is 1260 g/mol. The lowest BCUT2D eigenvalue weighted by molar-refractivity contribution is -0.138. The molecule has 0 amide bonds. The Hall–Kier alpha value is -11.6. The highest BCUT2D eigenvalue weighted by Gasteiger charge is 2.35. The number of nitrogens with one attached hydrogen (secondary N) is 6. The van der Waals surface area contributed by atoms with Crippen molar-refractivity contribution in [3.63, 3.8) is 0 Å². The summed E-state index contributed by atoms with van der Waals surface area (Å²) in [7, 11) is 0. The van der Waals surface area contributed by atoms with Crippen molar-refractivity contribution in [3.8, 4) is 68.8 Å². The molecule has 22 nitrogen and oxygen atoms in total. The first-order valence-corrected chi connectivity index (χ1v) is 27.1. The Labute approximate surface area is 522 Å². The van der Waals surface area contributed by atoms with E-state index in [-0.39, 0.29) is 74.7 Å². The lowest BCUT2D eigenvalue weighted by Crippen LogP contribution is -2.07. The van der Waals surface area contributed by atoms with Gasteiger partial charge in [-0.3, -0.25) is 20.3 Å². The maximum absolute atomic E-state index is 13.1. The number of nitrogens with two attached hydrogens (primary N) is 2. The predicted molar refractivity (Wildman–Crippen MR) is 322 cm³/mol. The number of aryl methyl sites for hydroxylation is 1. The van der Waals surface area contributed by atoms with E-state index in [2.05, 4.69) is 86.4 Å². The first-order chi connectivity index (χ1) is 43.9. The molecular formula is C59H42Cl2F9N19O3. The topological polar surface area (TPSA) is 305 Å². The Morgan fingerprint density at radius 2 is 0.826 bits per heavy atom.